The Morgan fingerprint density at radius 2 is 1.91 bits per heavy atom. The first kappa shape index (κ1) is 14.9. The van der Waals surface area contributed by atoms with Crippen molar-refractivity contribution in [3.05, 3.63) is 59.7 Å². The largest absolute Gasteiger partial charge is 0.497 e. The van der Waals surface area contributed by atoms with Gasteiger partial charge in [-0.3, -0.25) is 0 Å². The molecule has 4 heteroatoms. The van der Waals surface area contributed by atoms with Gasteiger partial charge in [0.2, 0.25) is 0 Å². The van der Waals surface area contributed by atoms with E-state index < -0.39 is 0 Å². The summed E-state index contributed by atoms with van der Waals surface area (Å²) in [5, 5.41) is 7.34. The zero-order chi connectivity index (χ0) is 15.4. The molecule has 0 saturated carbocycles. The maximum absolute atomic E-state index is 5.45. The molecule has 0 saturated heterocycles. The maximum atomic E-state index is 5.45. The molecule has 0 aromatic heterocycles. The molecule has 2 aromatic rings. The van der Waals surface area contributed by atoms with Crippen molar-refractivity contribution in [1.82, 2.24) is 5.32 Å². The SMILES string of the molecule is COc1ccc(NC(=S)NC2CCCc3ccccc32)cc1. The molecule has 1 aliphatic rings. The van der Waals surface area contributed by atoms with Gasteiger partial charge in [0, 0.05) is 5.69 Å². The fourth-order valence-corrected chi connectivity index (χ4v) is 3.16. The number of hydrogen-bond donors (Lipinski definition) is 2. The first-order valence-electron chi connectivity index (χ1n) is 7.55. The van der Waals surface area contributed by atoms with Crippen molar-refractivity contribution in [1.29, 1.82) is 0 Å². The van der Waals surface area contributed by atoms with Crippen LogP contribution in [0.25, 0.3) is 0 Å². The topological polar surface area (TPSA) is 33.3 Å². The Morgan fingerprint density at radius 3 is 2.68 bits per heavy atom. The van der Waals surface area contributed by atoms with Crippen LogP contribution in [0.1, 0.15) is 30.0 Å². The number of anilines is 1. The number of nitrogens with one attached hydrogen (secondary N) is 2. The van der Waals surface area contributed by atoms with E-state index in [-0.39, 0.29) is 0 Å². The highest BCUT2D eigenvalue weighted by Gasteiger charge is 2.20. The molecule has 0 spiro atoms. The van der Waals surface area contributed by atoms with Crippen molar-refractivity contribution in [3.63, 3.8) is 0 Å². The van der Waals surface area contributed by atoms with Crippen LogP contribution in [0, 0.1) is 0 Å². The van der Waals surface area contributed by atoms with E-state index in [1.165, 1.54) is 17.5 Å². The van der Waals surface area contributed by atoms with Gasteiger partial charge in [0.05, 0.1) is 13.2 Å². The molecule has 0 radical (unpaired) electrons. The second-order valence-electron chi connectivity index (χ2n) is 5.47. The van der Waals surface area contributed by atoms with Crippen LogP contribution in [0.4, 0.5) is 5.69 Å². The summed E-state index contributed by atoms with van der Waals surface area (Å²) < 4.78 is 5.16. The Labute approximate surface area is 136 Å². The molecule has 0 bridgehead atoms. The molecule has 1 atom stereocenters. The number of benzene rings is 2. The Morgan fingerprint density at radius 1 is 1.14 bits per heavy atom. The van der Waals surface area contributed by atoms with E-state index in [9.17, 15) is 0 Å². The molecule has 0 fully saturated rings. The number of aryl methyl sites for hydroxylation is 1. The third-order valence-electron chi connectivity index (χ3n) is 4.02. The molecule has 3 rings (SSSR count). The van der Waals surface area contributed by atoms with Crippen LogP contribution in [0.3, 0.4) is 0 Å². The van der Waals surface area contributed by atoms with Crippen molar-refractivity contribution in [2.45, 2.75) is 25.3 Å². The lowest BCUT2D eigenvalue weighted by atomic mass is 9.88. The summed E-state index contributed by atoms with van der Waals surface area (Å²) >= 11 is 5.45. The smallest absolute Gasteiger partial charge is 0.171 e. The third kappa shape index (κ3) is 3.39. The summed E-state index contributed by atoms with van der Waals surface area (Å²) in [7, 11) is 1.66. The number of methoxy groups -OCH3 is 1. The van der Waals surface area contributed by atoms with Gasteiger partial charge in [0.1, 0.15) is 5.75 Å². The van der Waals surface area contributed by atoms with Gasteiger partial charge in [0.15, 0.2) is 5.11 Å². The lowest BCUT2D eigenvalue weighted by Crippen LogP contribution is -2.34. The van der Waals surface area contributed by atoms with Crippen LogP contribution in [0.15, 0.2) is 48.5 Å². The Kier molecular flexibility index (Phi) is 4.59. The average molecular weight is 312 g/mol. The van der Waals surface area contributed by atoms with E-state index in [1.54, 1.807) is 7.11 Å². The van der Waals surface area contributed by atoms with Crippen LogP contribution in [0.5, 0.6) is 5.75 Å². The molecule has 114 valence electrons. The van der Waals surface area contributed by atoms with Crippen LogP contribution in [-0.2, 0) is 6.42 Å². The van der Waals surface area contributed by atoms with Crippen LogP contribution < -0.4 is 15.4 Å². The minimum atomic E-state index is 0.295. The van der Waals surface area contributed by atoms with E-state index in [2.05, 4.69) is 34.9 Å². The molecular formula is C18H20N2OS. The van der Waals surface area contributed by atoms with Crippen molar-refractivity contribution in [2.24, 2.45) is 0 Å². The molecule has 0 heterocycles. The number of ether oxygens (including phenoxy) is 1. The predicted molar refractivity (Wildman–Crippen MR) is 94.5 cm³/mol. The monoisotopic (exact) mass is 312 g/mol. The first-order valence-corrected chi connectivity index (χ1v) is 7.96. The van der Waals surface area contributed by atoms with Gasteiger partial charge >= 0.3 is 0 Å². The van der Waals surface area contributed by atoms with Gasteiger partial charge in [-0.25, -0.2) is 0 Å². The maximum Gasteiger partial charge on any atom is 0.171 e. The summed E-state index contributed by atoms with van der Waals surface area (Å²) in [5.41, 5.74) is 3.76. The zero-order valence-electron chi connectivity index (χ0n) is 12.6. The second-order valence-corrected chi connectivity index (χ2v) is 5.88. The van der Waals surface area contributed by atoms with Gasteiger partial charge in [-0.2, -0.15) is 0 Å². The zero-order valence-corrected chi connectivity index (χ0v) is 13.5. The van der Waals surface area contributed by atoms with Crippen LogP contribution >= 0.6 is 12.2 Å². The molecule has 2 aromatic carbocycles. The fraction of sp³-hybridized carbons (Fsp3) is 0.278. The van der Waals surface area contributed by atoms with E-state index in [1.807, 2.05) is 24.3 Å². The Bertz CT molecular complexity index is 654. The molecular weight excluding hydrogens is 292 g/mol. The first-order chi connectivity index (χ1) is 10.8. The lowest BCUT2D eigenvalue weighted by molar-refractivity contribution is 0.415. The molecule has 1 aliphatic carbocycles. The van der Waals surface area contributed by atoms with Gasteiger partial charge < -0.3 is 15.4 Å². The standard InChI is InChI=1S/C18H20N2OS/c1-21-15-11-9-14(10-12-15)19-18(22)20-17-8-4-6-13-5-2-3-7-16(13)17/h2-3,5,7,9-12,17H,4,6,8H2,1H3,(H2,19,20,22). The molecule has 3 nitrogen and oxygen atoms in total. The summed E-state index contributed by atoms with van der Waals surface area (Å²) in [5.74, 6) is 0.839. The van der Waals surface area contributed by atoms with Gasteiger partial charge in [-0.1, -0.05) is 24.3 Å². The minimum absolute atomic E-state index is 0.295. The number of thiocarbonyl (C=S) groups is 1. The summed E-state index contributed by atoms with van der Waals surface area (Å²) in [4.78, 5) is 0. The van der Waals surface area contributed by atoms with Crippen molar-refractivity contribution in [2.75, 3.05) is 12.4 Å². The fourth-order valence-electron chi connectivity index (χ4n) is 2.90. The summed E-state index contributed by atoms with van der Waals surface area (Å²) in [6.45, 7) is 0. The highest BCUT2D eigenvalue weighted by atomic mass is 32.1. The van der Waals surface area contributed by atoms with Crippen molar-refractivity contribution < 1.29 is 4.74 Å². The Balaban J connectivity index is 1.65. The highest BCUT2D eigenvalue weighted by Crippen LogP contribution is 2.29. The third-order valence-corrected chi connectivity index (χ3v) is 4.24. The molecule has 2 N–H and O–H groups in total. The molecule has 22 heavy (non-hydrogen) atoms. The van der Waals surface area contributed by atoms with Crippen LogP contribution in [0.2, 0.25) is 0 Å². The van der Waals surface area contributed by atoms with Crippen LogP contribution in [-0.4, -0.2) is 12.2 Å². The minimum Gasteiger partial charge on any atom is -0.497 e. The van der Waals surface area contributed by atoms with Gasteiger partial charge in [-0.15, -0.1) is 0 Å². The second kappa shape index (κ2) is 6.79. The summed E-state index contributed by atoms with van der Waals surface area (Å²) in [6.07, 6.45) is 3.47. The molecule has 1 unspecified atom stereocenters. The van der Waals surface area contributed by atoms with E-state index in [0.717, 1.165) is 24.3 Å². The van der Waals surface area contributed by atoms with Crippen molar-refractivity contribution in [3.8, 4) is 5.75 Å². The molecule has 0 aliphatic heterocycles. The van der Waals surface area contributed by atoms with Gasteiger partial charge in [-0.05, 0) is 66.9 Å². The average Bonchev–Trinajstić information content (AvgIpc) is 2.56. The van der Waals surface area contributed by atoms with Gasteiger partial charge in [0.25, 0.3) is 0 Å². The number of rotatable bonds is 3. The Hall–Kier alpha value is -2.07. The van der Waals surface area contributed by atoms with E-state index in [0.29, 0.717) is 11.2 Å². The lowest BCUT2D eigenvalue weighted by Gasteiger charge is -2.27. The predicted octanol–water partition coefficient (Wildman–Crippen LogP) is 4.06. The number of fused-ring (bicyclic) bond motifs is 1. The van der Waals surface area contributed by atoms with E-state index in [4.69, 9.17) is 17.0 Å². The van der Waals surface area contributed by atoms with E-state index >= 15 is 0 Å². The number of hydrogen-bond acceptors (Lipinski definition) is 2. The van der Waals surface area contributed by atoms with Crippen molar-refractivity contribution >= 4 is 23.0 Å². The molecule has 0 amide bonds. The normalized spacial score (nSPS) is 16.5. The highest BCUT2D eigenvalue weighted by molar-refractivity contribution is 7.80. The quantitative estimate of drug-likeness (QED) is 0.838. The summed E-state index contributed by atoms with van der Waals surface area (Å²) in [6, 6.07) is 16.7.